The summed E-state index contributed by atoms with van der Waals surface area (Å²) in [5.41, 5.74) is 0.666. The van der Waals surface area contributed by atoms with Crippen molar-refractivity contribution in [3.8, 4) is 0 Å². The number of carbonyl (C=O) groups is 3. The summed E-state index contributed by atoms with van der Waals surface area (Å²) < 4.78 is 6.48. The number of nitrogens with one attached hydrogen (secondary N) is 2. The van der Waals surface area contributed by atoms with Gasteiger partial charge >= 0.3 is 0 Å². The normalized spacial score (nSPS) is 28.4. The Morgan fingerprint density at radius 2 is 1.79 bits per heavy atom. The third-order valence-electron chi connectivity index (χ3n) is 9.22. The molecule has 0 radical (unpaired) electrons. The number of hydrogen-bond acceptors (Lipinski definition) is 5. The lowest BCUT2D eigenvalue weighted by molar-refractivity contribution is -0.141. The lowest BCUT2D eigenvalue weighted by atomic mass is 9.74. The number of carbonyl (C=O) groups excluding carboxylic acids is 3. The molecule has 3 amide bonds. The molecule has 2 bridgehead atoms. The van der Waals surface area contributed by atoms with E-state index < -0.39 is 29.6 Å². The summed E-state index contributed by atoms with van der Waals surface area (Å²) in [7, 11) is 2.06. The zero-order valence-corrected chi connectivity index (χ0v) is 24.8. The van der Waals surface area contributed by atoms with Gasteiger partial charge in [0.2, 0.25) is 17.7 Å². The molecule has 3 heterocycles. The van der Waals surface area contributed by atoms with Crippen LogP contribution in [0.4, 0.5) is 5.69 Å². The van der Waals surface area contributed by atoms with Crippen LogP contribution in [0.2, 0.25) is 5.02 Å². The van der Waals surface area contributed by atoms with Crippen molar-refractivity contribution in [3.63, 3.8) is 0 Å². The summed E-state index contributed by atoms with van der Waals surface area (Å²) in [6.07, 6.45) is 9.11. The van der Waals surface area contributed by atoms with E-state index in [0.717, 1.165) is 38.8 Å². The molecule has 3 aliphatic heterocycles. The van der Waals surface area contributed by atoms with Gasteiger partial charge in [0, 0.05) is 29.8 Å². The highest BCUT2D eigenvalue weighted by molar-refractivity contribution is 6.30. The Balaban J connectivity index is 1.21. The molecule has 0 aromatic heterocycles. The number of anilines is 1. The summed E-state index contributed by atoms with van der Waals surface area (Å²) in [5, 5.41) is 6.77. The molecule has 222 valence electrons. The van der Waals surface area contributed by atoms with Crippen LogP contribution in [0.5, 0.6) is 0 Å². The molecule has 2 aromatic rings. The highest BCUT2D eigenvalue weighted by Crippen LogP contribution is 2.55. The molecule has 1 spiro atoms. The Hall–Kier alpha value is -3.20. The molecule has 1 saturated carbocycles. The Kier molecular flexibility index (Phi) is 8.39. The lowest BCUT2D eigenvalue weighted by Crippen LogP contribution is -2.56. The number of benzene rings is 2. The van der Waals surface area contributed by atoms with Crippen LogP contribution < -0.4 is 10.6 Å². The number of rotatable bonds is 10. The number of hydrogen-bond donors (Lipinski definition) is 2. The van der Waals surface area contributed by atoms with Crippen molar-refractivity contribution < 1.29 is 19.1 Å². The number of likely N-dealkylation sites (tertiary alicyclic amines) is 1. The van der Waals surface area contributed by atoms with Gasteiger partial charge in [0.1, 0.15) is 11.6 Å². The molecule has 9 heteroatoms. The zero-order valence-electron chi connectivity index (χ0n) is 24.0. The van der Waals surface area contributed by atoms with Crippen molar-refractivity contribution in [1.82, 2.24) is 15.1 Å². The van der Waals surface area contributed by atoms with Crippen molar-refractivity contribution in [2.75, 3.05) is 25.5 Å². The molecule has 2 N–H and O–H groups in total. The van der Waals surface area contributed by atoms with Crippen LogP contribution in [-0.4, -0.2) is 71.4 Å². The third-order valence-corrected chi connectivity index (χ3v) is 9.47. The van der Waals surface area contributed by atoms with Crippen LogP contribution >= 0.6 is 11.6 Å². The molecule has 3 fully saturated rings. The van der Waals surface area contributed by atoms with E-state index in [1.807, 2.05) is 30.4 Å². The van der Waals surface area contributed by atoms with Crippen molar-refractivity contribution in [3.05, 3.63) is 77.3 Å². The van der Waals surface area contributed by atoms with E-state index in [-0.39, 0.29) is 23.8 Å². The summed E-state index contributed by atoms with van der Waals surface area (Å²) in [6, 6.07) is 16.4. The fourth-order valence-corrected chi connectivity index (χ4v) is 7.40. The number of halogens is 1. The lowest BCUT2D eigenvalue weighted by Gasteiger charge is -2.34. The second kappa shape index (κ2) is 12.2. The van der Waals surface area contributed by atoms with E-state index >= 15 is 0 Å². The van der Waals surface area contributed by atoms with Gasteiger partial charge in [-0.05, 0) is 62.7 Å². The standard InChI is InChI=1S/C33H39ClN4O4/c1-37(21-22-9-4-2-5-10-22)19-8-20-38-29(31(40)36-24-11-6-3-7-12-24)33-18-17-26(42-33)27(28(33)32(38)41)30(39)35-25-15-13-23(34)14-16-25/h2,4-5,9-10,13-18,24,26-29H,3,6-8,11-12,19-21H2,1H3,(H,35,39)(H,36,40)/t26-,27?,28-,29?,33?/m1/s1. The first kappa shape index (κ1) is 28.9. The molecule has 42 heavy (non-hydrogen) atoms. The Morgan fingerprint density at radius 1 is 1.05 bits per heavy atom. The fraction of sp³-hybridized carbons (Fsp3) is 0.485. The molecule has 2 aromatic carbocycles. The van der Waals surface area contributed by atoms with Gasteiger partial charge < -0.3 is 25.2 Å². The SMILES string of the molecule is CN(CCCN1C(=O)[C@H]2C(C(=O)Nc3ccc(Cl)cc3)[C@H]3C=CC2(O3)C1C(=O)NC1CCCCC1)Cc1ccccc1. The van der Waals surface area contributed by atoms with Gasteiger partial charge in [-0.1, -0.05) is 73.3 Å². The summed E-state index contributed by atoms with van der Waals surface area (Å²) in [5.74, 6) is -2.15. The summed E-state index contributed by atoms with van der Waals surface area (Å²) in [4.78, 5) is 45.7. The molecule has 5 atom stereocenters. The monoisotopic (exact) mass is 590 g/mol. The van der Waals surface area contributed by atoms with Crippen molar-refractivity contribution in [2.24, 2.45) is 11.8 Å². The molecular weight excluding hydrogens is 552 g/mol. The van der Waals surface area contributed by atoms with E-state index in [2.05, 4.69) is 34.7 Å². The van der Waals surface area contributed by atoms with Gasteiger partial charge in [0.15, 0.2) is 0 Å². The minimum absolute atomic E-state index is 0.0993. The van der Waals surface area contributed by atoms with Crippen LogP contribution in [0.15, 0.2) is 66.7 Å². The highest BCUT2D eigenvalue weighted by atomic mass is 35.5. The summed E-state index contributed by atoms with van der Waals surface area (Å²) in [6.45, 7) is 1.97. The van der Waals surface area contributed by atoms with Crippen LogP contribution in [0, 0.1) is 11.8 Å². The van der Waals surface area contributed by atoms with Crippen molar-refractivity contribution >= 4 is 35.0 Å². The van der Waals surface area contributed by atoms with Crippen LogP contribution in [0.3, 0.4) is 0 Å². The minimum atomic E-state index is -1.15. The van der Waals surface area contributed by atoms with E-state index in [9.17, 15) is 14.4 Å². The van der Waals surface area contributed by atoms with Gasteiger partial charge in [-0.2, -0.15) is 0 Å². The molecule has 4 aliphatic rings. The maximum absolute atomic E-state index is 14.2. The predicted octanol–water partition coefficient (Wildman–Crippen LogP) is 4.40. The van der Waals surface area contributed by atoms with Gasteiger partial charge in [0.05, 0.1) is 17.9 Å². The van der Waals surface area contributed by atoms with Gasteiger partial charge in [0.25, 0.3) is 0 Å². The summed E-state index contributed by atoms with van der Waals surface area (Å²) >= 11 is 6.02. The Labute approximate surface area is 252 Å². The Bertz CT molecular complexity index is 1330. The predicted molar refractivity (Wildman–Crippen MR) is 162 cm³/mol. The number of fused-ring (bicyclic) bond motifs is 1. The average Bonchev–Trinajstić information content (AvgIpc) is 3.63. The fourth-order valence-electron chi connectivity index (χ4n) is 7.28. The molecule has 2 saturated heterocycles. The van der Waals surface area contributed by atoms with E-state index in [4.69, 9.17) is 16.3 Å². The molecule has 1 aliphatic carbocycles. The quantitative estimate of drug-likeness (QED) is 0.400. The second-order valence-electron chi connectivity index (χ2n) is 12.1. The van der Waals surface area contributed by atoms with Gasteiger partial charge in [-0.25, -0.2) is 0 Å². The average molecular weight is 591 g/mol. The Morgan fingerprint density at radius 3 is 2.52 bits per heavy atom. The van der Waals surface area contributed by atoms with Crippen LogP contribution in [0.25, 0.3) is 0 Å². The van der Waals surface area contributed by atoms with E-state index in [1.54, 1.807) is 29.2 Å². The molecule has 3 unspecified atom stereocenters. The van der Waals surface area contributed by atoms with E-state index in [1.165, 1.54) is 12.0 Å². The molecule has 6 rings (SSSR count). The first-order valence-corrected chi connectivity index (χ1v) is 15.5. The topological polar surface area (TPSA) is 91.0 Å². The van der Waals surface area contributed by atoms with Gasteiger partial charge in [-0.15, -0.1) is 0 Å². The zero-order chi connectivity index (χ0) is 29.3. The number of ether oxygens (including phenoxy) is 1. The minimum Gasteiger partial charge on any atom is -0.359 e. The van der Waals surface area contributed by atoms with Crippen molar-refractivity contribution in [1.29, 1.82) is 0 Å². The molecular formula is C33H39ClN4O4. The number of nitrogens with zero attached hydrogens (tertiary/aromatic N) is 2. The van der Waals surface area contributed by atoms with Crippen LogP contribution in [0.1, 0.15) is 44.1 Å². The first-order chi connectivity index (χ1) is 20.4. The van der Waals surface area contributed by atoms with Gasteiger partial charge in [-0.3, -0.25) is 14.4 Å². The number of amides is 3. The van der Waals surface area contributed by atoms with Crippen LogP contribution in [-0.2, 0) is 25.7 Å². The second-order valence-corrected chi connectivity index (χ2v) is 12.6. The first-order valence-electron chi connectivity index (χ1n) is 15.1. The smallest absolute Gasteiger partial charge is 0.246 e. The third kappa shape index (κ3) is 5.60. The van der Waals surface area contributed by atoms with E-state index in [0.29, 0.717) is 23.7 Å². The van der Waals surface area contributed by atoms with Crippen molar-refractivity contribution in [2.45, 2.75) is 68.9 Å². The largest absolute Gasteiger partial charge is 0.359 e. The maximum atomic E-state index is 14.2. The maximum Gasteiger partial charge on any atom is 0.246 e. The molecule has 8 nitrogen and oxygen atoms in total. The highest BCUT2D eigenvalue weighted by Gasteiger charge is 2.72.